The Morgan fingerprint density at radius 2 is 1.49 bits per heavy atom. The molecule has 0 bridgehead atoms. The maximum atomic E-state index is 14.1. The summed E-state index contributed by atoms with van der Waals surface area (Å²) in [7, 11) is -4.05. The molecule has 3 aromatic rings. The Hall–Kier alpha value is -2.20. The lowest BCUT2D eigenvalue weighted by Gasteiger charge is -2.34. The molecule has 0 fully saturated rings. The zero-order valence-electron chi connectivity index (χ0n) is 22.4. The molecule has 0 heterocycles. The highest BCUT2D eigenvalue weighted by molar-refractivity contribution is 7.92. The fraction of sp³-hybridized carbons (Fsp3) is 0.286. The summed E-state index contributed by atoms with van der Waals surface area (Å²) in [5.41, 5.74) is 1.27. The number of amides is 2. The average molecular weight is 680 g/mol. The lowest BCUT2D eigenvalue weighted by Crippen LogP contribution is -2.54. The van der Waals surface area contributed by atoms with Crippen LogP contribution in [-0.2, 0) is 32.6 Å². The van der Waals surface area contributed by atoms with Crippen molar-refractivity contribution < 1.29 is 18.0 Å². The first-order valence-corrected chi connectivity index (χ1v) is 16.1. The molecule has 0 spiro atoms. The van der Waals surface area contributed by atoms with E-state index in [4.69, 9.17) is 58.0 Å². The lowest BCUT2D eigenvalue weighted by molar-refractivity contribution is -0.140. The number of anilines is 1. The van der Waals surface area contributed by atoms with Crippen molar-refractivity contribution in [3.8, 4) is 0 Å². The minimum Gasteiger partial charge on any atom is -0.352 e. The van der Waals surface area contributed by atoms with E-state index < -0.39 is 34.4 Å². The summed E-state index contributed by atoms with van der Waals surface area (Å²) >= 11 is 31.1. The van der Waals surface area contributed by atoms with Crippen molar-refractivity contribution in [2.24, 2.45) is 0 Å². The molecule has 0 saturated heterocycles. The summed E-state index contributed by atoms with van der Waals surface area (Å²) in [4.78, 5) is 29.0. The number of rotatable bonds is 11. The molecule has 3 rings (SSSR count). The van der Waals surface area contributed by atoms with Gasteiger partial charge in [-0.1, -0.05) is 94.4 Å². The van der Waals surface area contributed by atoms with Gasteiger partial charge >= 0.3 is 0 Å². The maximum Gasteiger partial charge on any atom is 0.244 e. The van der Waals surface area contributed by atoms with Crippen molar-refractivity contribution in [3.05, 3.63) is 96.9 Å². The Labute approximate surface area is 265 Å². The Morgan fingerprint density at radius 3 is 2.07 bits per heavy atom. The molecule has 0 aliphatic carbocycles. The summed E-state index contributed by atoms with van der Waals surface area (Å²) in [6, 6.07) is 15.3. The predicted molar refractivity (Wildman–Crippen MR) is 168 cm³/mol. The van der Waals surface area contributed by atoms with Crippen molar-refractivity contribution in [2.75, 3.05) is 17.1 Å². The third-order valence-electron chi connectivity index (χ3n) is 6.00. The largest absolute Gasteiger partial charge is 0.352 e. The van der Waals surface area contributed by atoms with Gasteiger partial charge in [0, 0.05) is 29.1 Å². The number of carbonyl (C=O) groups is 2. The Morgan fingerprint density at radius 1 is 0.854 bits per heavy atom. The molecule has 2 amide bonds. The highest BCUT2D eigenvalue weighted by Gasteiger charge is 2.34. The van der Waals surface area contributed by atoms with E-state index in [1.54, 1.807) is 26.0 Å². The smallest absolute Gasteiger partial charge is 0.244 e. The molecule has 7 nitrogen and oxygen atoms in total. The molecular weight excluding hydrogens is 652 g/mol. The van der Waals surface area contributed by atoms with Crippen LogP contribution in [0.5, 0.6) is 0 Å². The number of hydrogen-bond donors (Lipinski definition) is 1. The van der Waals surface area contributed by atoms with E-state index in [1.807, 2.05) is 30.3 Å². The van der Waals surface area contributed by atoms with Crippen LogP contribution in [-0.4, -0.2) is 50.0 Å². The SMILES string of the molecule is CC(C)NC(=O)[C@@H](Cc1ccccc1)N(Cc1ccc(Cl)cc1Cl)C(=O)CN(c1cc(Cl)c(Cl)cc1Cl)S(C)(=O)=O. The number of carbonyl (C=O) groups excluding carboxylic acids is 2. The third-order valence-corrected chi connectivity index (χ3v) is 8.73. The van der Waals surface area contributed by atoms with Gasteiger partial charge in [-0.05, 0) is 49.2 Å². The van der Waals surface area contributed by atoms with E-state index in [9.17, 15) is 18.0 Å². The first kappa shape index (κ1) is 33.3. The fourth-order valence-corrected chi connectivity index (χ4v) is 6.08. The van der Waals surface area contributed by atoms with Gasteiger partial charge < -0.3 is 10.2 Å². The number of sulfonamides is 1. The number of nitrogens with one attached hydrogen (secondary N) is 1. The van der Waals surface area contributed by atoms with Gasteiger partial charge in [0.2, 0.25) is 21.8 Å². The molecule has 0 saturated carbocycles. The highest BCUT2D eigenvalue weighted by Crippen LogP contribution is 2.36. The van der Waals surface area contributed by atoms with Crippen molar-refractivity contribution in [1.82, 2.24) is 10.2 Å². The van der Waals surface area contributed by atoms with Crippen LogP contribution in [0.2, 0.25) is 25.1 Å². The quantitative estimate of drug-likeness (QED) is 0.224. The van der Waals surface area contributed by atoms with Crippen LogP contribution in [0.15, 0.2) is 60.7 Å². The van der Waals surface area contributed by atoms with Crippen LogP contribution < -0.4 is 9.62 Å². The topological polar surface area (TPSA) is 86.8 Å². The number of nitrogens with zero attached hydrogens (tertiary/aromatic N) is 2. The van der Waals surface area contributed by atoms with Crippen molar-refractivity contribution in [2.45, 2.75) is 38.9 Å². The molecule has 0 aromatic heterocycles. The zero-order valence-corrected chi connectivity index (χ0v) is 27.0. The summed E-state index contributed by atoms with van der Waals surface area (Å²) in [6.07, 6.45) is 1.09. The molecular formula is C28H28Cl5N3O4S. The van der Waals surface area contributed by atoms with Crippen LogP contribution in [0.3, 0.4) is 0 Å². The molecule has 3 aromatic carbocycles. The molecule has 0 aliphatic rings. The monoisotopic (exact) mass is 677 g/mol. The van der Waals surface area contributed by atoms with Crippen molar-refractivity contribution >= 4 is 85.5 Å². The number of benzene rings is 3. The second kappa shape index (κ2) is 14.3. The van der Waals surface area contributed by atoms with E-state index in [0.29, 0.717) is 10.6 Å². The van der Waals surface area contributed by atoms with Gasteiger partial charge in [-0.2, -0.15) is 0 Å². The van der Waals surface area contributed by atoms with Gasteiger partial charge in [0.25, 0.3) is 0 Å². The van der Waals surface area contributed by atoms with Gasteiger partial charge in [-0.15, -0.1) is 0 Å². The Kier molecular flexibility index (Phi) is 11.6. The molecule has 13 heteroatoms. The van der Waals surface area contributed by atoms with E-state index >= 15 is 0 Å². The molecule has 0 unspecified atom stereocenters. The van der Waals surface area contributed by atoms with Crippen LogP contribution >= 0.6 is 58.0 Å². The molecule has 0 radical (unpaired) electrons. The number of hydrogen-bond acceptors (Lipinski definition) is 4. The zero-order chi connectivity index (χ0) is 30.5. The van der Waals surface area contributed by atoms with Gasteiger partial charge in [0.1, 0.15) is 12.6 Å². The summed E-state index contributed by atoms with van der Waals surface area (Å²) in [5, 5.41) is 3.70. The van der Waals surface area contributed by atoms with Crippen molar-refractivity contribution in [1.29, 1.82) is 0 Å². The Bertz CT molecular complexity index is 1520. The predicted octanol–water partition coefficient (Wildman–Crippen LogP) is 6.88. The minimum atomic E-state index is -4.05. The molecule has 1 atom stereocenters. The summed E-state index contributed by atoms with van der Waals surface area (Å²) < 4.78 is 26.7. The van der Waals surface area contributed by atoms with E-state index in [1.165, 1.54) is 23.1 Å². The number of halogens is 5. The van der Waals surface area contributed by atoms with Gasteiger partial charge in [0.15, 0.2) is 0 Å². The average Bonchev–Trinajstić information content (AvgIpc) is 2.87. The lowest BCUT2D eigenvalue weighted by atomic mass is 10.0. The van der Waals surface area contributed by atoms with Crippen LogP contribution in [0.25, 0.3) is 0 Å². The van der Waals surface area contributed by atoms with Gasteiger partial charge in [0.05, 0.1) is 27.0 Å². The maximum absolute atomic E-state index is 14.1. The van der Waals surface area contributed by atoms with Crippen LogP contribution in [0.1, 0.15) is 25.0 Å². The summed E-state index contributed by atoms with van der Waals surface area (Å²) in [5.74, 6) is -1.09. The second-order valence-electron chi connectivity index (χ2n) is 9.61. The van der Waals surface area contributed by atoms with Crippen molar-refractivity contribution in [3.63, 3.8) is 0 Å². The minimum absolute atomic E-state index is 0.0247. The van der Waals surface area contributed by atoms with E-state index in [0.717, 1.165) is 16.1 Å². The Balaban J connectivity index is 2.12. The normalized spacial score (nSPS) is 12.2. The fourth-order valence-electron chi connectivity index (χ4n) is 4.07. The molecule has 0 aliphatic heterocycles. The summed E-state index contributed by atoms with van der Waals surface area (Å²) in [6.45, 7) is 2.82. The third kappa shape index (κ3) is 9.14. The first-order chi connectivity index (χ1) is 19.2. The second-order valence-corrected chi connectivity index (χ2v) is 13.6. The van der Waals surface area contributed by atoms with Gasteiger partial charge in [-0.3, -0.25) is 13.9 Å². The molecule has 220 valence electrons. The van der Waals surface area contributed by atoms with Crippen LogP contribution in [0, 0.1) is 0 Å². The van der Waals surface area contributed by atoms with E-state index in [2.05, 4.69) is 5.32 Å². The van der Waals surface area contributed by atoms with Crippen LogP contribution in [0.4, 0.5) is 5.69 Å². The molecule has 1 N–H and O–H groups in total. The molecule has 41 heavy (non-hydrogen) atoms. The standard InChI is InChI=1S/C28H28Cl5N3O4S/c1-17(2)34-28(38)26(11-18-7-5-4-6-8-18)35(15-19-9-10-20(29)12-21(19)30)27(37)16-36(41(3,39)40)25-14-23(32)22(31)13-24(25)33/h4-10,12-14,17,26H,11,15-16H2,1-3H3,(H,34,38)/t26-/m1/s1. The first-order valence-electron chi connectivity index (χ1n) is 12.4. The van der Waals surface area contributed by atoms with E-state index in [-0.39, 0.29) is 44.8 Å². The highest BCUT2D eigenvalue weighted by atomic mass is 35.5. The van der Waals surface area contributed by atoms with Gasteiger partial charge in [-0.25, -0.2) is 8.42 Å².